The molecule has 0 radical (unpaired) electrons. The molecule has 3 nitrogen and oxygen atoms in total. The largest absolute Gasteiger partial charge is 0.495 e. The van der Waals surface area contributed by atoms with Crippen LogP contribution in [0, 0.1) is 0 Å². The van der Waals surface area contributed by atoms with Gasteiger partial charge in [-0.3, -0.25) is 0 Å². The molecule has 1 aliphatic heterocycles. The third-order valence-corrected chi connectivity index (χ3v) is 8.56. The van der Waals surface area contributed by atoms with Crippen molar-refractivity contribution in [1.82, 2.24) is 0 Å². The average Bonchev–Trinajstić information content (AvgIpc) is 3.45. The van der Waals surface area contributed by atoms with Gasteiger partial charge in [-0.25, -0.2) is 0 Å². The Bertz CT molecular complexity index is 1840. The number of fused-ring (bicyclic) bond motifs is 2. The summed E-state index contributed by atoms with van der Waals surface area (Å²) < 4.78 is 19.5. The molecule has 0 saturated carbocycles. The molecular formula is C36H31BO3. The molecule has 0 amide bonds. The standard InChI is InChI=1S/C36H31BO3/c1-35(2)36(3,4)40-37(39-35)31-22-21-27(28-17-11-12-18-29(28)31)26-19-20-30-32(23-26)38-34(25-15-9-6-10-16-25)33(30)24-13-7-5-8-14-24/h5-23H,1-4H3. The Morgan fingerprint density at radius 3 is 1.80 bits per heavy atom. The zero-order chi connectivity index (χ0) is 27.5. The predicted octanol–water partition coefficient (Wildman–Crippen LogP) is 8.89. The Labute approximate surface area is 235 Å². The zero-order valence-corrected chi connectivity index (χ0v) is 23.3. The van der Waals surface area contributed by atoms with Gasteiger partial charge in [0.2, 0.25) is 0 Å². The molecule has 0 N–H and O–H groups in total. The molecule has 196 valence electrons. The van der Waals surface area contributed by atoms with Gasteiger partial charge in [0.1, 0.15) is 11.3 Å². The summed E-state index contributed by atoms with van der Waals surface area (Å²) in [6.07, 6.45) is 0. The van der Waals surface area contributed by atoms with Gasteiger partial charge in [-0.1, -0.05) is 103 Å². The van der Waals surface area contributed by atoms with E-state index in [1.807, 2.05) is 12.1 Å². The Balaban J connectivity index is 1.38. The van der Waals surface area contributed by atoms with Crippen LogP contribution in [0.3, 0.4) is 0 Å². The van der Waals surface area contributed by atoms with Gasteiger partial charge >= 0.3 is 7.12 Å². The van der Waals surface area contributed by atoms with Crippen molar-refractivity contribution in [1.29, 1.82) is 0 Å². The number of hydrogen-bond acceptors (Lipinski definition) is 3. The van der Waals surface area contributed by atoms with Gasteiger partial charge in [-0.15, -0.1) is 0 Å². The maximum atomic E-state index is 6.62. The molecule has 5 aromatic carbocycles. The third kappa shape index (κ3) is 3.99. The van der Waals surface area contributed by atoms with E-state index in [2.05, 4.69) is 131 Å². The van der Waals surface area contributed by atoms with Crippen LogP contribution >= 0.6 is 0 Å². The lowest BCUT2D eigenvalue weighted by Crippen LogP contribution is -2.41. The third-order valence-electron chi connectivity index (χ3n) is 8.56. The van der Waals surface area contributed by atoms with Crippen LogP contribution in [0.15, 0.2) is 120 Å². The summed E-state index contributed by atoms with van der Waals surface area (Å²) in [7, 11) is -0.418. The van der Waals surface area contributed by atoms with Gasteiger partial charge in [-0.05, 0) is 72.8 Å². The molecule has 2 heterocycles. The Kier molecular flexibility index (Phi) is 5.74. The summed E-state index contributed by atoms with van der Waals surface area (Å²) in [6.45, 7) is 8.37. The van der Waals surface area contributed by atoms with Gasteiger partial charge in [0, 0.05) is 16.5 Å². The van der Waals surface area contributed by atoms with E-state index in [0.29, 0.717) is 0 Å². The minimum atomic E-state index is -0.418. The normalized spacial score (nSPS) is 16.1. The molecule has 4 heteroatoms. The molecule has 40 heavy (non-hydrogen) atoms. The van der Waals surface area contributed by atoms with Gasteiger partial charge in [-0.2, -0.15) is 0 Å². The first-order chi connectivity index (χ1) is 19.3. The molecule has 0 atom stereocenters. The lowest BCUT2D eigenvalue weighted by Gasteiger charge is -2.32. The second kappa shape index (κ2) is 9.23. The quantitative estimate of drug-likeness (QED) is 0.217. The molecule has 7 rings (SSSR count). The van der Waals surface area contributed by atoms with E-state index in [9.17, 15) is 0 Å². The molecule has 1 aliphatic rings. The topological polar surface area (TPSA) is 31.6 Å². The van der Waals surface area contributed by atoms with Gasteiger partial charge in [0.15, 0.2) is 0 Å². The second-order valence-corrected chi connectivity index (χ2v) is 11.6. The maximum absolute atomic E-state index is 6.62. The van der Waals surface area contributed by atoms with E-state index in [-0.39, 0.29) is 0 Å². The fourth-order valence-corrected chi connectivity index (χ4v) is 5.70. The van der Waals surface area contributed by atoms with Crippen molar-refractivity contribution in [3.8, 4) is 33.6 Å². The number of furan rings is 1. The molecule has 6 aromatic rings. The summed E-state index contributed by atoms with van der Waals surface area (Å²) in [4.78, 5) is 0. The van der Waals surface area contributed by atoms with Crippen LogP contribution in [0.25, 0.3) is 55.3 Å². The number of rotatable bonds is 4. The molecule has 1 fully saturated rings. The van der Waals surface area contributed by atoms with Crippen LogP contribution in [0.2, 0.25) is 0 Å². The van der Waals surface area contributed by atoms with E-state index in [4.69, 9.17) is 13.7 Å². The molecule has 0 bridgehead atoms. The van der Waals surface area contributed by atoms with Crippen molar-refractivity contribution < 1.29 is 13.7 Å². The molecule has 1 saturated heterocycles. The van der Waals surface area contributed by atoms with Gasteiger partial charge in [0.05, 0.1) is 11.2 Å². The van der Waals surface area contributed by atoms with E-state index >= 15 is 0 Å². The fraction of sp³-hybridized carbons (Fsp3) is 0.167. The summed E-state index contributed by atoms with van der Waals surface area (Å²) >= 11 is 0. The van der Waals surface area contributed by atoms with Gasteiger partial charge in [0.25, 0.3) is 0 Å². The average molecular weight is 522 g/mol. The first-order valence-corrected chi connectivity index (χ1v) is 13.9. The van der Waals surface area contributed by atoms with Crippen LogP contribution in [-0.4, -0.2) is 18.3 Å². The van der Waals surface area contributed by atoms with Crippen LogP contribution in [-0.2, 0) is 9.31 Å². The molecule has 1 aromatic heterocycles. The maximum Gasteiger partial charge on any atom is 0.495 e. The SMILES string of the molecule is CC1(C)OB(c2ccc(-c3ccc4c(-c5ccccc5)c(-c5ccccc5)oc4c3)c3ccccc23)OC1(C)C. The van der Waals surface area contributed by atoms with Crippen molar-refractivity contribution in [2.45, 2.75) is 38.9 Å². The summed E-state index contributed by atoms with van der Waals surface area (Å²) in [5, 5.41) is 3.40. The van der Waals surface area contributed by atoms with Crippen LogP contribution in [0.1, 0.15) is 27.7 Å². The molecular weight excluding hydrogens is 491 g/mol. The predicted molar refractivity (Wildman–Crippen MR) is 166 cm³/mol. The summed E-state index contributed by atoms with van der Waals surface area (Å²) in [6, 6.07) is 40.2. The zero-order valence-electron chi connectivity index (χ0n) is 23.3. The minimum Gasteiger partial charge on any atom is -0.455 e. The van der Waals surface area contributed by atoms with Crippen LogP contribution in [0.5, 0.6) is 0 Å². The van der Waals surface area contributed by atoms with Crippen molar-refractivity contribution in [3.05, 3.63) is 115 Å². The lowest BCUT2D eigenvalue weighted by molar-refractivity contribution is 0.00578. The number of hydrogen-bond donors (Lipinski definition) is 0. The van der Waals surface area contributed by atoms with Crippen molar-refractivity contribution >= 4 is 34.3 Å². The van der Waals surface area contributed by atoms with Crippen LogP contribution in [0.4, 0.5) is 0 Å². The highest BCUT2D eigenvalue weighted by atomic mass is 16.7. The smallest absolute Gasteiger partial charge is 0.455 e. The van der Waals surface area contributed by atoms with Crippen LogP contribution < -0.4 is 5.46 Å². The van der Waals surface area contributed by atoms with E-state index in [1.165, 1.54) is 0 Å². The minimum absolute atomic E-state index is 0.394. The Morgan fingerprint density at radius 1 is 0.525 bits per heavy atom. The first-order valence-electron chi connectivity index (χ1n) is 13.9. The highest BCUT2D eigenvalue weighted by molar-refractivity contribution is 6.65. The molecule has 0 spiro atoms. The van der Waals surface area contributed by atoms with Crippen molar-refractivity contribution in [3.63, 3.8) is 0 Å². The summed E-state index contributed by atoms with van der Waals surface area (Å²) in [5.41, 5.74) is 6.72. The van der Waals surface area contributed by atoms with E-state index in [0.717, 1.165) is 60.8 Å². The van der Waals surface area contributed by atoms with Crippen molar-refractivity contribution in [2.75, 3.05) is 0 Å². The first kappa shape index (κ1) is 24.9. The van der Waals surface area contributed by atoms with Gasteiger partial charge < -0.3 is 13.7 Å². The monoisotopic (exact) mass is 522 g/mol. The summed E-state index contributed by atoms with van der Waals surface area (Å²) in [5.74, 6) is 0.889. The highest BCUT2D eigenvalue weighted by Gasteiger charge is 2.52. The fourth-order valence-electron chi connectivity index (χ4n) is 5.70. The Hall–Kier alpha value is -4.12. The molecule has 0 aliphatic carbocycles. The van der Waals surface area contributed by atoms with E-state index < -0.39 is 18.3 Å². The van der Waals surface area contributed by atoms with Crippen molar-refractivity contribution in [2.24, 2.45) is 0 Å². The van der Waals surface area contributed by atoms with E-state index in [1.54, 1.807) is 0 Å². The number of benzene rings is 5. The Morgan fingerprint density at radius 2 is 1.12 bits per heavy atom. The second-order valence-electron chi connectivity index (χ2n) is 11.6. The molecule has 0 unspecified atom stereocenters. The lowest BCUT2D eigenvalue weighted by atomic mass is 9.75. The highest BCUT2D eigenvalue weighted by Crippen LogP contribution is 2.43.